The van der Waals surface area contributed by atoms with Crippen molar-refractivity contribution in [3.63, 3.8) is 0 Å². The van der Waals surface area contributed by atoms with Gasteiger partial charge in [-0.2, -0.15) is 0 Å². The Morgan fingerprint density at radius 2 is 2.00 bits per heavy atom. The quantitative estimate of drug-likeness (QED) is 0.412. The number of benzene rings is 2. The summed E-state index contributed by atoms with van der Waals surface area (Å²) in [6.45, 7) is 0. The summed E-state index contributed by atoms with van der Waals surface area (Å²) in [6, 6.07) is 12.6. The number of H-pyrrole nitrogens is 1. The average Bonchev–Trinajstić information content (AvgIpc) is 3.54. The number of methoxy groups -OCH3 is 1. The molecule has 7 nitrogen and oxygen atoms in total. The van der Waals surface area contributed by atoms with Crippen LogP contribution < -0.4 is 0 Å². The van der Waals surface area contributed by atoms with E-state index in [0.29, 0.717) is 5.02 Å². The van der Waals surface area contributed by atoms with Crippen LogP contribution in [0.25, 0.3) is 10.9 Å². The maximum Gasteiger partial charge on any atom is 0.360 e. The van der Waals surface area contributed by atoms with Crippen molar-refractivity contribution in [1.29, 1.82) is 0 Å². The van der Waals surface area contributed by atoms with Gasteiger partial charge in [0.2, 0.25) is 15.7 Å². The molecule has 1 N–H and O–H groups in total. The van der Waals surface area contributed by atoms with E-state index in [9.17, 15) is 13.2 Å². The van der Waals surface area contributed by atoms with Crippen LogP contribution in [0, 0.1) is 5.92 Å². The predicted octanol–water partition coefficient (Wildman–Crippen LogP) is 4.61. The molecule has 0 amide bonds. The van der Waals surface area contributed by atoms with Crippen LogP contribution in [-0.2, 0) is 32.4 Å². The fraction of sp³-hybridized carbons (Fsp3) is 0.217. The van der Waals surface area contributed by atoms with Crippen molar-refractivity contribution < 1.29 is 26.8 Å². The van der Waals surface area contributed by atoms with Gasteiger partial charge in [0.25, 0.3) is 5.00 Å². The molecule has 33 heavy (non-hydrogen) atoms. The van der Waals surface area contributed by atoms with Crippen LogP contribution >= 0.6 is 11.6 Å². The number of aromatic nitrogens is 2. The van der Waals surface area contributed by atoms with E-state index in [4.69, 9.17) is 16.0 Å². The summed E-state index contributed by atoms with van der Waals surface area (Å²) in [5.74, 6) is -2.62. The Bertz CT molecular complexity index is 1480. The van der Waals surface area contributed by atoms with E-state index in [1.165, 1.54) is 24.3 Å². The third-order valence-corrected chi connectivity index (χ3v) is 8.44. The minimum absolute atomic E-state index is 0.0974. The lowest BCUT2D eigenvalue weighted by Gasteiger charge is -2.28. The predicted molar refractivity (Wildman–Crippen MR) is 118 cm³/mol. The summed E-state index contributed by atoms with van der Waals surface area (Å²) < 4.78 is 54.2. The number of carbonyl (C=O) groups is 1. The SMILES string of the molecule is COC(=O)c1coc(C(F)(C2Cc3[nH]c4ccc(Cl)cc4c3C2)S(=O)(=O)c2ccccc2)n1. The number of nitrogens with one attached hydrogen (secondary N) is 1. The van der Waals surface area contributed by atoms with Gasteiger partial charge in [0.1, 0.15) is 6.26 Å². The Hall–Kier alpha value is -3.17. The van der Waals surface area contributed by atoms with Crippen molar-refractivity contribution in [2.24, 2.45) is 5.92 Å². The molecule has 5 rings (SSSR count). The average molecular weight is 489 g/mol. The number of hydrogen-bond donors (Lipinski definition) is 1. The van der Waals surface area contributed by atoms with Crippen LogP contribution in [0.2, 0.25) is 5.02 Å². The fourth-order valence-corrected chi connectivity index (χ4v) is 6.38. The van der Waals surface area contributed by atoms with E-state index in [0.717, 1.165) is 35.5 Å². The molecule has 10 heteroatoms. The first kappa shape index (κ1) is 21.7. The molecule has 0 radical (unpaired) electrons. The number of sulfone groups is 1. The highest BCUT2D eigenvalue weighted by Gasteiger charge is 2.59. The van der Waals surface area contributed by atoms with Crippen molar-refractivity contribution in [2.45, 2.75) is 22.7 Å². The van der Waals surface area contributed by atoms with Gasteiger partial charge in [-0.05, 0) is 48.7 Å². The van der Waals surface area contributed by atoms with Gasteiger partial charge in [-0.1, -0.05) is 29.8 Å². The number of rotatable bonds is 5. The molecule has 0 saturated carbocycles. The van der Waals surface area contributed by atoms with E-state index in [1.54, 1.807) is 18.2 Å². The van der Waals surface area contributed by atoms with E-state index >= 15 is 4.39 Å². The van der Waals surface area contributed by atoms with E-state index in [-0.39, 0.29) is 23.4 Å². The Balaban J connectivity index is 1.65. The number of ether oxygens (including phenoxy) is 1. The molecule has 0 fully saturated rings. The first-order valence-corrected chi connectivity index (χ1v) is 11.9. The molecule has 2 aromatic carbocycles. The lowest BCUT2D eigenvalue weighted by Crippen LogP contribution is -2.40. The number of fused-ring (bicyclic) bond motifs is 3. The van der Waals surface area contributed by atoms with Crippen LogP contribution in [0.15, 0.2) is 64.1 Å². The largest absolute Gasteiger partial charge is 0.464 e. The number of esters is 1. The van der Waals surface area contributed by atoms with Gasteiger partial charge in [-0.25, -0.2) is 22.6 Å². The smallest absolute Gasteiger partial charge is 0.360 e. The fourth-order valence-electron chi connectivity index (χ4n) is 4.42. The van der Waals surface area contributed by atoms with Gasteiger partial charge < -0.3 is 14.1 Å². The molecular formula is C23H18ClFN2O5S. The Morgan fingerprint density at radius 1 is 1.24 bits per heavy atom. The number of halogens is 2. The maximum atomic E-state index is 17.1. The van der Waals surface area contributed by atoms with Crippen molar-refractivity contribution in [2.75, 3.05) is 7.11 Å². The first-order chi connectivity index (χ1) is 15.8. The standard InChI is InChI=1S/C23H18ClFN2O5S/c1-31-21(28)20-12-32-22(27-20)23(25,33(29,30)15-5-3-2-4-6-15)13-9-16-17-11-14(24)7-8-18(17)26-19(16)10-13/h2-8,11-13,26H,9-10H2,1H3. The molecule has 2 atom stereocenters. The molecule has 170 valence electrons. The molecule has 2 unspecified atom stereocenters. The van der Waals surface area contributed by atoms with Gasteiger partial charge in [0.15, 0.2) is 5.69 Å². The molecule has 1 aliphatic carbocycles. The van der Waals surface area contributed by atoms with Gasteiger partial charge in [-0.3, -0.25) is 0 Å². The Kier molecular flexibility index (Phi) is 5.06. The molecular weight excluding hydrogens is 471 g/mol. The molecule has 1 aliphatic rings. The van der Waals surface area contributed by atoms with Crippen molar-refractivity contribution in [1.82, 2.24) is 9.97 Å². The minimum atomic E-state index is -4.63. The summed E-state index contributed by atoms with van der Waals surface area (Å²) in [6.07, 6.45) is 1.10. The highest BCUT2D eigenvalue weighted by atomic mass is 35.5. The second-order valence-corrected chi connectivity index (χ2v) is 10.4. The molecule has 2 heterocycles. The maximum absolute atomic E-state index is 17.1. The van der Waals surface area contributed by atoms with Crippen LogP contribution in [0.5, 0.6) is 0 Å². The zero-order valence-corrected chi connectivity index (χ0v) is 18.9. The molecule has 0 saturated heterocycles. The lowest BCUT2D eigenvalue weighted by molar-refractivity contribution is 0.0593. The Morgan fingerprint density at radius 3 is 2.73 bits per heavy atom. The van der Waals surface area contributed by atoms with Crippen LogP contribution in [0.3, 0.4) is 0 Å². The summed E-state index contributed by atoms with van der Waals surface area (Å²) in [5, 5.41) is -1.71. The summed E-state index contributed by atoms with van der Waals surface area (Å²) in [7, 11) is -3.49. The van der Waals surface area contributed by atoms with E-state index < -0.39 is 32.6 Å². The number of aromatic amines is 1. The second-order valence-electron chi connectivity index (χ2n) is 7.87. The normalized spacial score (nSPS) is 17.6. The molecule has 0 aliphatic heterocycles. The molecule has 2 aromatic heterocycles. The first-order valence-electron chi connectivity index (χ1n) is 10.1. The van der Waals surface area contributed by atoms with Gasteiger partial charge >= 0.3 is 5.97 Å². The zero-order valence-electron chi connectivity index (χ0n) is 17.3. The van der Waals surface area contributed by atoms with Crippen LogP contribution in [0.4, 0.5) is 4.39 Å². The topological polar surface area (TPSA) is 102 Å². The lowest BCUT2D eigenvalue weighted by atomic mass is 9.98. The number of hydrogen-bond acceptors (Lipinski definition) is 6. The highest BCUT2D eigenvalue weighted by Crippen LogP contribution is 2.49. The van der Waals surface area contributed by atoms with Crippen molar-refractivity contribution in [3.05, 3.63) is 82.7 Å². The highest BCUT2D eigenvalue weighted by molar-refractivity contribution is 7.92. The summed E-state index contributed by atoms with van der Waals surface area (Å²) in [4.78, 5) is 18.8. The van der Waals surface area contributed by atoms with Crippen LogP contribution in [-0.4, -0.2) is 31.5 Å². The number of oxazole rings is 1. The minimum Gasteiger partial charge on any atom is -0.464 e. The monoisotopic (exact) mass is 488 g/mol. The number of nitrogens with zero attached hydrogens (tertiary/aromatic N) is 1. The third kappa shape index (κ3) is 3.26. The number of carbonyl (C=O) groups excluding carboxylic acids is 1. The molecule has 4 aromatic rings. The van der Waals surface area contributed by atoms with Gasteiger partial charge in [-0.15, -0.1) is 0 Å². The van der Waals surface area contributed by atoms with Gasteiger partial charge in [0.05, 0.1) is 12.0 Å². The zero-order chi connectivity index (χ0) is 23.4. The summed E-state index contributed by atoms with van der Waals surface area (Å²) >= 11 is 6.15. The van der Waals surface area contributed by atoms with E-state index in [1.807, 2.05) is 6.07 Å². The third-order valence-electron chi connectivity index (χ3n) is 6.02. The van der Waals surface area contributed by atoms with E-state index in [2.05, 4.69) is 14.7 Å². The Labute approximate surface area is 193 Å². The van der Waals surface area contributed by atoms with Crippen LogP contribution in [0.1, 0.15) is 27.6 Å². The summed E-state index contributed by atoms with van der Waals surface area (Å²) in [5.41, 5.74) is 2.04. The van der Waals surface area contributed by atoms with Crippen molar-refractivity contribution in [3.8, 4) is 0 Å². The molecule has 0 bridgehead atoms. The van der Waals surface area contributed by atoms with Crippen molar-refractivity contribution >= 4 is 38.3 Å². The second kappa shape index (κ2) is 7.71. The molecule has 0 spiro atoms. The van der Waals surface area contributed by atoms with Gasteiger partial charge in [0, 0.05) is 27.5 Å². The number of alkyl halides is 1.